The molecule has 3 rings (SSSR count). The summed E-state index contributed by atoms with van der Waals surface area (Å²) < 4.78 is 8.54. The molecule has 3 nitrogen and oxygen atoms in total. The minimum atomic E-state index is 0.596. The van der Waals surface area contributed by atoms with E-state index in [-0.39, 0.29) is 0 Å². The maximum absolute atomic E-state index is 5.28. The lowest BCUT2D eigenvalue weighted by Crippen LogP contribution is -2.14. The van der Waals surface area contributed by atoms with Gasteiger partial charge in [-0.25, -0.2) is 0 Å². The number of thiazole rings is 1. The molecule has 0 aliphatic heterocycles. The van der Waals surface area contributed by atoms with Gasteiger partial charge in [-0.2, -0.15) is 0 Å². The molecule has 0 saturated carbocycles. The number of aromatic nitrogens is 1. The summed E-state index contributed by atoms with van der Waals surface area (Å²) in [5, 5.41) is 0. The van der Waals surface area contributed by atoms with E-state index in [1.807, 2.05) is 30.3 Å². The van der Waals surface area contributed by atoms with E-state index in [0.29, 0.717) is 6.54 Å². The topological polar surface area (TPSA) is 26.5 Å². The van der Waals surface area contributed by atoms with Crippen LogP contribution < -0.4 is 9.54 Å². The Hall–Kier alpha value is -2.11. The predicted octanol–water partition coefficient (Wildman–Crippen LogP) is 5.37. The van der Waals surface area contributed by atoms with Crippen molar-refractivity contribution in [2.45, 2.75) is 6.92 Å². The van der Waals surface area contributed by atoms with E-state index in [1.54, 1.807) is 18.4 Å². The van der Waals surface area contributed by atoms with Crippen LogP contribution in [0.3, 0.4) is 0 Å². The molecule has 0 amide bonds. The highest BCUT2D eigenvalue weighted by Crippen LogP contribution is 2.29. The third-order valence-electron chi connectivity index (χ3n) is 3.80. The van der Waals surface area contributed by atoms with Gasteiger partial charge in [0.15, 0.2) is 4.80 Å². The van der Waals surface area contributed by atoms with Crippen LogP contribution in [-0.2, 0) is 0 Å². The fourth-order valence-corrected chi connectivity index (χ4v) is 3.91. The van der Waals surface area contributed by atoms with Gasteiger partial charge in [0, 0.05) is 15.0 Å². The van der Waals surface area contributed by atoms with Crippen LogP contribution in [0.5, 0.6) is 5.75 Å². The summed E-state index contributed by atoms with van der Waals surface area (Å²) in [4.78, 5) is 6.87. The third kappa shape index (κ3) is 3.78. The average Bonchev–Trinajstić information content (AvgIpc) is 2.97. The summed E-state index contributed by atoms with van der Waals surface area (Å²) in [6.45, 7) is 6.51. The third-order valence-corrected chi connectivity index (χ3v) is 5.32. The van der Waals surface area contributed by atoms with Gasteiger partial charge in [0.1, 0.15) is 5.75 Å². The van der Waals surface area contributed by atoms with Crippen molar-refractivity contribution in [2.75, 3.05) is 13.7 Å². The van der Waals surface area contributed by atoms with E-state index < -0.39 is 0 Å². The number of rotatable bonds is 5. The van der Waals surface area contributed by atoms with Gasteiger partial charge in [-0.3, -0.25) is 9.56 Å². The molecule has 0 fully saturated rings. The zero-order chi connectivity index (χ0) is 17.8. The Bertz CT molecular complexity index is 937. The van der Waals surface area contributed by atoms with Crippen molar-refractivity contribution in [3.8, 4) is 22.7 Å². The Balaban J connectivity index is 2.24. The number of benzene rings is 2. The first kappa shape index (κ1) is 17.7. The molecule has 0 unspecified atom stereocenters. The van der Waals surface area contributed by atoms with Gasteiger partial charge in [0.05, 0.1) is 19.3 Å². The summed E-state index contributed by atoms with van der Waals surface area (Å²) in [5.74, 6) is 0.850. The number of halogens is 1. The monoisotopic (exact) mass is 414 g/mol. The molecular formula is C20H19BrN2OS. The summed E-state index contributed by atoms with van der Waals surface area (Å²) >= 11 is 5.20. The second kappa shape index (κ2) is 7.85. The first-order chi connectivity index (χ1) is 12.1. The molecule has 0 atom stereocenters. The maximum atomic E-state index is 5.28. The largest absolute Gasteiger partial charge is 0.497 e. The van der Waals surface area contributed by atoms with Crippen molar-refractivity contribution in [1.29, 1.82) is 0 Å². The van der Waals surface area contributed by atoms with Crippen LogP contribution in [0.2, 0.25) is 0 Å². The normalized spacial score (nSPS) is 11.6. The number of aryl methyl sites for hydroxylation is 1. The molecule has 0 spiro atoms. The molecule has 2 aromatic carbocycles. The van der Waals surface area contributed by atoms with Crippen LogP contribution in [0.25, 0.3) is 16.9 Å². The summed E-state index contributed by atoms with van der Waals surface area (Å²) in [7, 11) is 1.68. The number of hydrogen-bond donors (Lipinski definition) is 0. The van der Waals surface area contributed by atoms with Gasteiger partial charge in [0.25, 0.3) is 0 Å². The zero-order valence-corrected chi connectivity index (χ0v) is 16.6. The Labute approximate surface area is 160 Å². The first-order valence-corrected chi connectivity index (χ1v) is 9.49. The van der Waals surface area contributed by atoms with E-state index in [4.69, 9.17) is 9.73 Å². The number of hydrogen-bond acceptors (Lipinski definition) is 3. The SMILES string of the molecule is C=CCN=c1sc(C)c(-c2ccc(OC)cc2)n1-c1ccc(Br)cc1. The Morgan fingerprint density at radius 1 is 1.16 bits per heavy atom. The van der Waals surface area contributed by atoms with Gasteiger partial charge >= 0.3 is 0 Å². The van der Waals surface area contributed by atoms with Gasteiger partial charge in [-0.05, 0) is 61.0 Å². The standard InChI is InChI=1S/C20H19BrN2OS/c1-4-13-22-20-23(17-9-7-16(21)8-10-17)19(14(2)25-20)15-5-11-18(24-3)12-6-15/h4-12H,1,13H2,2-3H3. The molecule has 0 bridgehead atoms. The summed E-state index contributed by atoms with van der Waals surface area (Å²) in [6, 6.07) is 16.4. The highest BCUT2D eigenvalue weighted by molar-refractivity contribution is 9.10. The minimum Gasteiger partial charge on any atom is -0.497 e. The van der Waals surface area contributed by atoms with E-state index in [2.05, 4.69) is 58.3 Å². The molecule has 0 aliphatic carbocycles. The molecule has 25 heavy (non-hydrogen) atoms. The van der Waals surface area contributed by atoms with Crippen LogP contribution in [0.1, 0.15) is 4.88 Å². The lowest BCUT2D eigenvalue weighted by Gasteiger charge is -2.11. The molecule has 5 heteroatoms. The summed E-state index contributed by atoms with van der Waals surface area (Å²) in [5.41, 5.74) is 3.37. The Morgan fingerprint density at radius 2 is 1.84 bits per heavy atom. The van der Waals surface area contributed by atoms with Gasteiger partial charge < -0.3 is 4.74 Å². The molecule has 0 N–H and O–H groups in total. The number of ether oxygens (including phenoxy) is 1. The molecule has 128 valence electrons. The predicted molar refractivity (Wildman–Crippen MR) is 109 cm³/mol. The Kier molecular flexibility index (Phi) is 5.56. The van der Waals surface area contributed by atoms with Crippen LogP contribution in [0, 0.1) is 6.92 Å². The molecule has 1 aromatic heterocycles. The zero-order valence-electron chi connectivity index (χ0n) is 14.2. The smallest absolute Gasteiger partial charge is 0.190 e. The second-order valence-electron chi connectivity index (χ2n) is 5.46. The average molecular weight is 415 g/mol. The number of nitrogens with zero attached hydrogens (tertiary/aromatic N) is 2. The highest BCUT2D eigenvalue weighted by Gasteiger charge is 2.14. The lowest BCUT2D eigenvalue weighted by atomic mass is 10.1. The van der Waals surface area contributed by atoms with E-state index >= 15 is 0 Å². The number of methoxy groups -OCH3 is 1. The quantitative estimate of drug-likeness (QED) is 0.515. The van der Waals surface area contributed by atoms with Crippen LogP contribution >= 0.6 is 27.3 Å². The first-order valence-electron chi connectivity index (χ1n) is 7.88. The van der Waals surface area contributed by atoms with Crippen molar-refractivity contribution < 1.29 is 4.74 Å². The fourth-order valence-electron chi connectivity index (χ4n) is 2.64. The van der Waals surface area contributed by atoms with E-state index in [1.165, 1.54) is 4.88 Å². The molecule has 1 heterocycles. The Morgan fingerprint density at radius 3 is 2.44 bits per heavy atom. The molecule has 0 aliphatic rings. The lowest BCUT2D eigenvalue weighted by molar-refractivity contribution is 0.415. The van der Waals surface area contributed by atoms with Crippen molar-refractivity contribution in [3.05, 3.63) is 75.3 Å². The van der Waals surface area contributed by atoms with Gasteiger partial charge in [-0.15, -0.1) is 17.9 Å². The fraction of sp³-hybridized carbons (Fsp3) is 0.150. The van der Waals surface area contributed by atoms with Crippen molar-refractivity contribution in [2.24, 2.45) is 4.99 Å². The van der Waals surface area contributed by atoms with Crippen molar-refractivity contribution in [1.82, 2.24) is 4.57 Å². The van der Waals surface area contributed by atoms with Gasteiger partial charge in [0.2, 0.25) is 0 Å². The second-order valence-corrected chi connectivity index (χ2v) is 7.56. The van der Waals surface area contributed by atoms with Crippen molar-refractivity contribution in [3.63, 3.8) is 0 Å². The molecule has 0 radical (unpaired) electrons. The van der Waals surface area contributed by atoms with Crippen LogP contribution in [0.15, 0.2) is 70.7 Å². The van der Waals surface area contributed by atoms with Gasteiger partial charge in [-0.1, -0.05) is 22.0 Å². The highest BCUT2D eigenvalue weighted by atomic mass is 79.9. The molecular weight excluding hydrogens is 396 g/mol. The molecule has 3 aromatic rings. The van der Waals surface area contributed by atoms with Crippen LogP contribution in [0.4, 0.5) is 0 Å². The maximum Gasteiger partial charge on any atom is 0.190 e. The van der Waals surface area contributed by atoms with Crippen molar-refractivity contribution >= 4 is 27.3 Å². The van der Waals surface area contributed by atoms with Crippen LogP contribution in [-0.4, -0.2) is 18.2 Å². The van der Waals surface area contributed by atoms with E-state index in [0.717, 1.165) is 32.0 Å². The minimum absolute atomic E-state index is 0.596. The molecule has 0 saturated heterocycles. The summed E-state index contributed by atoms with van der Waals surface area (Å²) in [6.07, 6.45) is 1.81. The van der Waals surface area contributed by atoms with E-state index in [9.17, 15) is 0 Å².